The number of carbonyl (C=O) groups is 1. The highest BCUT2D eigenvalue weighted by atomic mass is 79.9. The minimum absolute atomic E-state index is 0.0525. The molecule has 1 amide bonds. The number of carbonyl (C=O) groups excluding carboxylic acids is 1. The third-order valence-corrected chi connectivity index (χ3v) is 5.76. The molecular weight excluding hydrogens is 384 g/mol. The van der Waals surface area contributed by atoms with E-state index in [1.54, 1.807) is 12.1 Å². The molecule has 2 aliphatic rings. The number of nitrogens with zero attached hydrogens (tertiary/aromatic N) is 2. The van der Waals surface area contributed by atoms with Crippen LogP contribution in [-0.2, 0) is 16.6 Å². The van der Waals surface area contributed by atoms with Gasteiger partial charge in [-0.25, -0.2) is 0 Å². The molecule has 0 spiro atoms. The molecule has 0 aromatic heterocycles. The van der Waals surface area contributed by atoms with Gasteiger partial charge < -0.3 is 4.90 Å². The second kappa shape index (κ2) is 5.66. The van der Waals surface area contributed by atoms with Gasteiger partial charge in [-0.05, 0) is 55.5 Å². The minimum Gasteiger partial charge on any atom is -0.308 e. The van der Waals surface area contributed by atoms with Crippen molar-refractivity contribution in [3.05, 3.63) is 68.2 Å². The number of anilines is 1. The lowest BCUT2D eigenvalue weighted by Crippen LogP contribution is -2.42. The number of nitro benzene ring substituents is 1. The van der Waals surface area contributed by atoms with E-state index in [1.807, 2.05) is 17.0 Å². The lowest BCUT2D eigenvalue weighted by atomic mass is 9.93. The summed E-state index contributed by atoms with van der Waals surface area (Å²) in [6.07, 6.45) is 2.42. The van der Waals surface area contributed by atoms with Crippen LogP contribution in [0.5, 0.6) is 0 Å². The first-order chi connectivity index (χ1) is 11.9. The second-order valence-electron chi connectivity index (χ2n) is 6.89. The van der Waals surface area contributed by atoms with Crippen LogP contribution in [0.1, 0.15) is 30.9 Å². The van der Waals surface area contributed by atoms with Crippen LogP contribution in [-0.4, -0.2) is 16.9 Å². The zero-order valence-corrected chi connectivity index (χ0v) is 15.3. The van der Waals surface area contributed by atoms with Gasteiger partial charge in [0.2, 0.25) is 5.91 Å². The maximum Gasteiger partial charge on any atom is 0.269 e. The summed E-state index contributed by atoms with van der Waals surface area (Å²) in [5.41, 5.74) is 2.55. The molecule has 5 nitrogen and oxygen atoms in total. The van der Waals surface area contributed by atoms with Crippen LogP contribution in [0.4, 0.5) is 11.4 Å². The van der Waals surface area contributed by atoms with Gasteiger partial charge in [0.05, 0.1) is 10.3 Å². The highest BCUT2D eigenvalue weighted by Crippen LogP contribution is 2.51. The molecule has 0 bridgehead atoms. The molecule has 1 heterocycles. The summed E-state index contributed by atoms with van der Waals surface area (Å²) in [6, 6.07) is 12.6. The average molecular weight is 401 g/mol. The third-order valence-electron chi connectivity index (χ3n) is 5.27. The van der Waals surface area contributed by atoms with E-state index in [1.165, 1.54) is 17.7 Å². The molecule has 1 atom stereocenters. The molecular formula is C19H17BrN2O3. The second-order valence-corrected chi connectivity index (χ2v) is 7.80. The van der Waals surface area contributed by atoms with Gasteiger partial charge in [-0.15, -0.1) is 0 Å². The van der Waals surface area contributed by atoms with Crippen LogP contribution in [0, 0.1) is 10.1 Å². The molecule has 0 unspecified atom stereocenters. The molecule has 1 aliphatic carbocycles. The van der Waals surface area contributed by atoms with E-state index in [4.69, 9.17) is 0 Å². The number of hydrogen-bond donors (Lipinski definition) is 0. The van der Waals surface area contributed by atoms with Gasteiger partial charge in [0.15, 0.2) is 0 Å². The van der Waals surface area contributed by atoms with Crippen molar-refractivity contribution < 1.29 is 9.72 Å². The Morgan fingerprint density at radius 1 is 1.24 bits per heavy atom. The van der Waals surface area contributed by atoms with Crippen molar-refractivity contribution in [2.75, 3.05) is 4.90 Å². The number of benzene rings is 2. The first-order valence-corrected chi connectivity index (χ1v) is 9.09. The summed E-state index contributed by atoms with van der Waals surface area (Å²) >= 11 is 3.49. The number of halogens is 1. The van der Waals surface area contributed by atoms with Crippen molar-refractivity contribution in [2.24, 2.45) is 0 Å². The normalized spacial score (nSPS) is 20.2. The fourth-order valence-corrected chi connectivity index (χ4v) is 4.20. The van der Waals surface area contributed by atoms with Crippen LogP contribution in [0.2, 0.25) is 0 Å². The van der Waals surface area contributed by atoms with E-state index in [0.717, 1.165) is 35.0 Å². The molecule has 0 radical (unpaired) electrons. The number of fused-ring (bicyclic) bond motifs is 1. The maximum atomic E-state index is 13.4. The lowest BCUT2D eigenvalue weighted by molar-refractivity contribution is -0.384. The van der Waals surface area contributed by atoms with Gasteiger partial charge in [-0.2, -0.15) is 0 Å². The van der Waals surface area contributed by atoms with Crippen molar-refractivity contribution in [2.45, 2.75) is 37.6 Å². The Bertz CT molecular complexity index is 875. The van der Waals surface area contributed by atoms with Crippen LogP contribution in [0.15, 0.2) is 46.9 Å². The fraction of sp³-hybridized carbons (Fsp3) is 0.316. The summed E-state index contributed by atoms with van der Waals surface area (Å²) in [5, 5.41) is 10.9. The van der Waals surface area contributed by atoms with E-state index >= 15 is 0 Å². The number of rotatable bonds is 3. The fourth-order valence-electron chi connectivity index (χ4n) is 3.79. The topological polar surface area (TPSA) is 63.5 Å². The van der Waals surface area contributed by atoms with Gasteiger partial charge >= 0.3 is 0 Å². The Labute approximate surface area is 153 Å². The number of non-ortho nitro benzene ring substituents is 1. The minimum atomic E-state index is -0.530. The zero-order valence-electron chi connectivity index (χ0n) is 13.7. The van der Waals surface area contributed by atoms with Crippen molar-refractivity contribution in [3.63, 3.8) is 0 Å². The monoisotopic (exact) mass is 400 g/mol. The highest BCUT2D eigenvalue weighted by molar-refractivity contribution is 9.10. The molecule has 25 heavy (non-hydrogen) atoms. The number of nitro groups is 1. The smallest absolute Gasteiger partial charge is 0.269 e. The van der Waals surface area contributed by atoms with Gasteiger partial charge in [0.25, 0.3) is 5.69 Å². The highest BCUT2D eigenvalue weighted by Gasteiger charge is 2.54. The Balaban J connectivity index is 1.68. The Morgan fingerprint density at radius 2 is 1.92 bits per heavy atom. The van der Waals surface area contributed by atoms with Crippen molar-refractivity contribution in [1.29, 1.82) is 0 Å². The average Bonchev–Trinajstić information content (AvgIpc) is 3.33. The summed E-state index contributed by atoms with van der Waals surface area (Å²) in [7, 11) is 0. The summed E-state index contributed by atoms with van der Waals surface area (Å²) < 4.78 is 1.02. The van der Waals surface area contributed by atoms with Crippen LogP contribution < -0.4 is 4.90 Å². The number of amides is 1. The SMILES string of the molecule is C[C@H]1Cc2cc(Br)ccc2N1C(=O)C1(c2ccc([N+](=O)[O-])cc2)CC1. The summed E-state index contributed by atoms with van der Waals surface area (Å²) in [6.45, 7) is 2.07. The first-order valence-electron chi connectivity index (χ1n) is 8.29. The third kappa shape index (κ3) is 2.56. The molecule has 0 saturated heterocycles. The van der Waals surface area contributed by atoms with E-state index in [2.05, 4.69) is 28.9 Å². The predicted octanol–water partition coefficient (Wildman–Crippen LogP) is 4.37. The summed E-state index contributed by atoms with van der Waals surface area (Å²) in [5.74, 6) is 0.106. The lowest BCUT2D eigenvalue weighted by Gasteiger charge is -2.28. The Hall–Kier alpha value is -2.21. The molecule has 0 N–H and O–H groups in total. The van der Waals surface area contributed by atoms with Gasteiger partial charge in [0.1, 0.15) is 0 Å². The maximum absolute atomic E-state index is 13.4. The molecule has 1 aliphatic heterocycles. The zero-order chi connectivity index (χ0) is 17.8. The van der Waals surface area contributed by atoms with Crippen molar-refractivity contribution >= 4 is 33.2 Å². The first kappa shape index (κ1) is 16.3. The predicted molar refractivity (Wildman–Crippen MR) is 98.8 cm³/mol. The van der Waals surface area contributed by atoms with Gasteiger partial charge in [-0.3, -0.25) is 14.9 Å². The van der Waals surface area contributed by atoms with Crippen molar-refractivity contribution in [3.8, 4) is 0 Å². The van der Waals surface area contributed by atoms with Gasteiger partial charge in [0, 0.05) is 28.3 Å². The number of hydrogen-bond acceptors (Lipinski definition) is 3. The molecule has 2 aromatic carbocycles. The quantitative estimate of drug-likeness (QED) is 0.567. The van der Waals surface area contributed by atoms with E-state index in [9.17, 15) is 14.9 Å². The van der Waals surface area contributed by atoms with Gasteiger partial charge in [-0.1, -0.05) is 28.1 Å². The van der Waals surface area contributed by atoms with E-state index in [0.29, 0.717) is 0 Å². The molecule has 4 rings (SSSR count). The van der Waals surface area contributed by atoms with E-state index in [-0.39, 0.29) is 17.6 Å². The Morgan fingerprint density at radius 3 is 2.52 bits per heavy atom. The molecule has 1 fully saturated rings. The molecule has 6 heteroatoms. The van der Waals surface area contributed by atoms with E-state index < -0.39 is 10.3 Å². The van der Waals surface area contributed by atoms with Crippen LogP contribution >= 0.6 is 15.9 Å². The summed E-state index contributed by atoms with van der Waals surface area (Å²) in [4.78, 5) is 25.7. The molecule has 2 aromatic rings. The van der Waals surface area contributed by atoms with Crippen LogP contribution in [0.25, 0.3) is 0 Å². The van der Waals surface area contributed by atoms with Crippen molar-refractivity contribution in [1.82, 2.24) is 0 Å². The largest absolute Gasteiger partial charge is 0.308 e. The molecule has 1 saturated carbocycles. The molecule has 128 valence electrons. The standard InChI is InChI=1S/C19H17BrN2O3/c1-12-10-13-11-15(20)4-7-17(13)21(12)18(23)19(8-9-19)14-2-5-16(6-3-14)22(24)25/h2-7,11-12H,8-10H2,1H3/t12-/m0/s1. The van der Waals surface area contributed by atoms with Crippen LogP contribution in [0.3, 0.4) is 0 Å². The Kier molecular flexibility index (Phi) is 3.68.